The molecule has 2 rings (SSSR count). The summed E-state index contributed by atoms with van der Waals surface area (Å²) in [5.74, 6) is 1.27. The zero-order chi connectivity index (χ0) is 13.0. The minimum Gasteiger partial charge on any atom is -0.388 e. The molecule has 0 radical (unpaired) electrons. The van der Waals surface area contributed by atoms with E-state index in [0.29, 0.717) is 17.9 Å². The molecule has 18 heavy (non-hydrogen) atoms. The van der Waals surface area contributed by atoms with Crippen molar-refractivity contribution in [3.05, 3.63) is 36.4 Å². The Balaban J connectivity index is 2.08. The van der Waals surface area contributed by atoms with Gasteiger partial charge in [-0.3, -0.25) is 0 Å². The summed E-state index contributed by atoms with van der Waals surface area (Å²) in [7, 11) is 0. The Morgan fingerprint density at radius 3 is 2.61 bits per heavy atom. The lowest BCUT2D eigenvalue weighted by atomic mass is 10.1. The van der Waals surface area contributed by atoms with E-state index < -0.39 is 6.10 Å². The molecular formula is C12H17N5O. The van der Waals surface area contributed by atoms with Crippen LogP contribution in [0.25, 0.3) is 0 Å². The Kier molecular flexibility index (Phi) is 3.99. The SMILES string of the molecule is CC(C)Cn1ncnc1CC(O)c1cncnc1. The highest BCUT2D eigenvalue weighted by atomic mass is 16.3. The molecule has 0 fully saturated rings. The summed E-state index contributed by atoms with van der Waals surface area (Å²) < 4.78 is 1.83. The zero-order valence-electron chi connectivity index (χ0n) is 10.6. The molecule has 6 heteroatoms. The van der Waals surface area contributed by atoms with E-state index in [1.165, 1.54) is 12.7 Å². The van der Waals surface area contributed by atoms with E-state index in [0.717, 1.165) is 12.4 Å². The Labute approximate surface area is 106 Å². The largest absolute Gasteiger partial charge is 0.388 e. The fourth-order valence-electron chi connectivity index (χ4n) is 1.72. The van der Waals surface area contributed by atoms with Gasteiger partial charge in [-0.2, -0.15) is 5.10 Å². The molecule has 0 aliphatic heterocycles. The van der Waals surface area contributed by atoms with Gasteiger partial charge in [0, 0.05) is 30.9 Å². The molecule has 6 nitrogen and oxygen atoms in total. The number of nitrogens with zero attached hydrogens (tertiary/aromatic N) is 5. The van der Waals surface area contributed by atoms with Gasteiger partial charge in [0.15, 0.2) is 0 Å². The number of hydrogen-bond donors (Lipinski definition) is 1. The molecule has 0 aliphatic rings. The first-order chi connectivity index (χ1) is 8.66. The third-order valence-electron chi connectivity index (χ3n) is 2.58. The van der Waals surface area contributed by atoms with E-state index in [4.69, 9.17) is 0 Å². The van der Waals surface area contributed by atoms with Gasteiger partial charge < -0.3 is 5.11 Å². The van der Waals surface area contributed by atoms with Crippen molar-refractivity contribution < 1.29 is 5.11 Å². The van der Waals surface area contributed by atoms with Crippen molar-refractivity contribution in [2.24, 2.45) is 5.92 Å². The standard InChI is InChI=1S/C12H17N5O/c1-9(2)6-17-12(15-8-16-17)3-11(18)10-4-13-7-14-5-10/h4-5,7-9,11,18H,3,6H2,1-2H3. The molecular weight excluding hydrogens is 230 g/mol. The van der Waals surface area contributed by atoms with Crippen molar-refractivity contribution in [3.8, 4) is 0 Å². The van der Waals surface area contributed by atoms with Crippen LogP contribution >= 0.6 is 0 Å². The quantitative estimate of drug-likeness (QED) is 0.853. The van der Waals surface area contributed by atoms with Crippen LogP contribution in [0.3, 0.4) is 0 Å². The summed E-state index contributed by atoms with van der Waals surface area (Å²) in [4.78, 5) is 12.0. The maximum atomic E-state index is 10.1. The molecule has 2 heterocycles. The molecule has 2 aromatic rings. The number of aromatic nitrogens is 5. The minimum atomic E-state index is -0.652. The van der Waals surface area contributed by atoms with Gasteiger partial charge in [-0.15, -0.1) is 0 Å². The molecule has 96 valence electrons. The number of hydrogen-bond acceptors (Lipinski definition) is 5. The average Bonchev–Trinajstić information content (AvgIpc) is 2.77. The topological polar surface area (TPSA) is 76.7 Å². The summed E-state index contributed by atoms with van der Waals surface area (Å²) in [5, 5.41) is 14.3. The molecule has 1 N–H and O–H groups in total. The lowest BCUT2D eigenvalue weighted by molar-refractivity contribution is 0.172. The third-order valence-corrected chi connectivity index (χ3v) is 2.58. The van der Waals surface area contributed by atoms with Crippen molar-refractivity contribution in [3.63, 3.8) is 0 Å². The Hall–Kier alpha value is -1.82. The molecule has 0 aromatic carbocycles. The average molecular weight is 247 g/mol. The predicted molar refractivity (Wildman–Crippen MR) is 65.6 cm³/mol. The Morgan fingerprint density at radius 2 is 1.94 bits per heavy atom. The highest BCUT2D eigenvalue weighted by Gasteiger charge is 2.14. The Morgan fingerprint density at radius 1 is 1.22 bits per heavy atom. The first-order valence-corrected chi connectivity index (χ1v) is 5.96. The fourth-order valence-corrected chi connectivity index (χ4v) is 1.72. The van der Waals surface area contributed by atoms with Crippen LogP contribution in [0, 0.1) is 5.92 Å². The molecule has 0 bridgehead atoms. The second kappa shape index (κ2) is 5.68. The molecule has 2 aromatic heterocycles. The van der Waals surface area contributed by atoms with Crippen LogP contribution < -0.4 is 0 Å². The summed E-state index contributed by atoms with van der Waals surface area (Å²) >= 11 is 0. The highest BCUT2D eigenvalue weighted by Crippen LogP contribution is 2.15. The summed E-state index contributed by atoms with van der Waals surface area (Å²) in [5.41, 5.74) is 0.691. The van der Waals surface area contributed by atoms with Crippen LogP contribution in [0.5, 0.6) is 0 Å². The van der Waals surface area contributed by atoms with Gasteiger partial charge in [0.1, 0.15) is 18.5 Å². The molecule has 1 atom stereocenters. The first kappa shape index (κ1) is 12.6. The number of rotatable bonds is 5. The highest BCUT2D eigenvalue weighted by molar-refractivity contribution is 5.08. The van der Waals surface area contributed by atoms with Crippen molar-refractivity contribution in [2.45, 2.75) is 32.9 Å². The van der Waals surface area contributed by atoms with Gasteiger partial charge in [0.05, 0.1) is 6.10 Å². The number of aliphatic hydroxyl groups excluding tert-OH is 1. The van der Waals surface area contributed by atoms with Crippen LogP contribution in [0.15, 0.2) is 25.0 Å². The summed E-state index contributed by atoms with van der Waals surface area (Å²) in [6, 6.07) is 0. The molecule has 1 unspecified atom stereocenters. The lowest BCUT2D eigenvalue weighted by Crippen LogP contribution is -2.13. The van der Waals surface area contributed by atoms with Crippen molar-refractivity contribution in [1.82, 2.24) is 24.7 Å². The smallest absolute Gasteiger partial charge is 0.138 e. The van der Waals surface area contributed by atoms with Crippen LogP contribution in [0.4, 0.5) is 0 Å². The predicted octanol–water partition coefficient (Wildman–Crippen LogP) is 1.00. The van der Waals surface area contributed by atoms with E-state index in [-0.39, 0.29) is 0 Å². The third kappa shape index (κ3) is 3.10. The first-order valence-electron chi connectivity index (χ1n) is 5.96. The van der Waals surface area contributed by atoms with Gasteiger partial charge in [-0.25, -0.2) is 19.6 Å². The number of aliphatic hydroxyl groups is 1. The fraction of sp³-hybridized carbons (Fsp3) is 0.500. The zero-order valence-corrected chi connectivity index (χ0v) is 10.6. The summed E-state index contributed by atoms with van der Waals surface area (Å²) in [6.45, 7) is 5.03. The minimum absolute atomic E-state index is 0.417. The van der Waals surface area contributed by atoms with Gasteiger partial charge in [0.2, 0.25) is 0 Å². The monoisotopic (exact) mass is 247 g/mol. The summed E-state index contributed by atoms with van der Waals surface area (Å²) in [6.07, 6.45) is 5.95. The van der Waals surface area contributed by atoms with E-state index >= 15 is 0 Å². The van der Waals surface area contributed by atoms with Gasteiger partial charge in [-0.05, 0) is 5.92 Å². The van der Waals surface area contributed by atoms with Crippen LogP contribution in [0.2, 0.25) is 0 Å². The van der Waals surface area contributed by atoms with Crippen LogP contribution in [-0.2, 0) is 13.0 Å². The Bertz CT molecular complexity index is 482. The van der Waals surface area contributed by atoms with Crippen LogP contribution in [0.1, 0.15) is 31.3 Å². The normalized spacial score (nSPS) is 12.9. The molecule has 0 aliphatic carbocycles. The lowest BCUT2D eigenvalue weighted by Gasteiger charge is -2.12. The second-order valence-electron chi connectivity index (χ2n) is 4.64. The van der Waals surface area contributed by atoms with E-state index in [1.807, 2.05) is 4.68 Å². The molecule has 0 saturated heterocycles. The maximum Gasteiger partial charge on any atom is 0.138 e. The van der Waals surface area contributed by atoms with Crippen molar-refractivity contribution in [2.75, 3.05) is 0 Å². The van der Waals surface area contributed by atoms with Gasteiger partial charge >= 0.3 is 0 Å². The van der Waals surface area contributed by atoms with E-state index in [9.17, 15) is 5.11 Å². The van der Waals surface area contributed by atoms with Crippen molar-refractivity contribution in [1.29, 1.82) is 0 Å². The van der Waals surface area contributed by atoms with Crippen molar-refractivity contribution >= 4 is 0 Å². The van der Waals surface area contributed by atoms with Gasteiger partial charge in [0.25, 0.3) is 0 Å². The van der Waals surface area contributed by atoms with Gasteiger partial charge in [-0.1, -0.05) is 13.8 Å². The molecule has 0 saturated carbocycles. The molecule has 0 spiro atoms. The van der Waals surface area contributed by atoms with E-state index in [1.54, 1.807) is 12.4 Å². The van der Waals surface area contributed by atoms with E-state index in [2.05, 4.69) is 33.9 Å². The maximum absolute atomic E-state index is 10.1. The second-order valence-corrected chi connectivity index (χ2v) is 4.64. The molecule has 0 amide bonds. The van der Waals surface area contributed by atoms with Crippen LogP contribution in [-0.4, -0.2) is 29.8 Å².